The van der Waals surface area contributed by atoms with Gasteiger partial charge in [-0.25, -0.2) is 9.59 Å². The van der Waals surface area contributed by atoms with Crippen LogP contribution in [-0.2, 0) is 23.8 Å². The number of nitrogens with zero attached hydrogens (tertiary/aromatic N) is 3. The molecule has 2 aromatic rings. The molecule has 0 aromatic heterocycles. The molecule has 2 aromatic carbocycles. The van der Waals surface area contributed by atoms with Crippen LogP contribution in [0, 0.1) is 0 Å². The van der Waals surface area contributed by atoms with Crippen molar-refractivity contribution in [1.29, 1.82) is 0 Å². The Labute approximate surface area is 177 Å². The van der Waals surface area contributed by atoms with E-state index in [4.69, 9.17) is 29.3 Å². The van der Waals surface area contributed by atoms with Gasteiger partial charge in [0.1, 0.15) is 11.0 Å². The van der Waals surface area contributed by atoms with Gasteiger partial charge in [0.15, 0.2) is 12.2 Å². The molecule has 0 radical (unpaired) electrons. The highest BCUT2D eigenvalue weighted by atomic mass is 16.7. The maximum atomic E-state index is 12.7. The van der Waals surface area contributed by atoms with Crippen molar-refractivity contribution in [2.24, 2.45) is 5.28 Å². The Morgan fingerprint density at radius 1 is 0.968 bits per heavy atom. The molecule has 1 heterocycles. The van der Waals surface area contributed by atoms with Crippen molar-refractivity contribution < 1.29 is 33.4 Å². The molecule has 1 aliphatic heterocycles. The highest BCUT2D eigenvalue weighted by molar-refractivity contribution is 5.90. The van der Waals surface area contributed by atoms with E-state index in [0.29, 0.717) is 0 Å². The number of benzene rings is 2. The van der Waals surface area contributed by atoms with Crippen LogP contribution in [0.15, 0.2) is 78.3 Å². The molecular weight excluding hydrogens is 406 g/mol. The molecule has 0 N–H and O–H groups in total. The molecule has 1 aliphatic rings. The van der Waals surface area contributed by atoms with Crippen LogP contribution in [-0.4, -0.2) is 43.7 Å². The minimum Gasteiger partial charge on any atom is -0.462 e. The summed E-state index contributed by atoms with van der Waals surface area (Å²) in [5.41, 5.74) is 9.18. The van der Waals surface area contributed by atoms with Crippen LogP contribution in [0.5, 0.6) is 0 Å². The third-order valence-corrected chi connectivity index (χ3v) is 4.41. The molecule has 31 heavy (non-hydrogen) atoms. The van der Waals surface area contributed by atoms with Gasteiger partial charge in [0.25, 0.3) is 0 Å². The van der Waals surface area contributed by atoms with E-state index in [2.05, 4.69) is 16.8 Å². The summed E-state index contributed by atoms with van der Waals surface area (Å²) in [4.78, 5) is 33.0. The smallest absolute Gasteiger partial charge is 0.338 e. The zero-order valence-electron chi connectivity index (χ0n) is 16.5. The number of hydrogen-bond acceptors (Lipinski definition) is 8. The summed E-state index contributed by atoms with van der Waals surface area (Å²) in [6, 6.07) is 16.4. The SMILES string of the molecule is C=C1O[C@H](OC)[C@@H](ON=[N+]=[N-])[C@H](OC(=O)c2ccccc2)[C@@H]1OC(=O)c1ccccc1. The van der Waals surface area contributed by atoms with Crippen molar-refractivity contribution in [1.82, 2.24) is 0 Å². The largest absolute Gasteiger partial charge is 0.462 e. The van der Waals surface area contributed by atoms with Gasteiger partial charge >= 0.3 is 11.9 Å². The van der Waals surface area contributed by atoms with Crippen LogP contribution in [0.4, 0.5) is 0 Å². The second-order valence-corrected chi connectivity index (χ2v) is 6.36. The Hall–Kier alpha value is -4.01. The third-order valence-electron chi connectivity index (χ3n) is 4.41. The van der Waals surface area contributed by atoms with Crippen LogP contribution >= 0.6 is 0 Å². The zero-order chi connectivity index (χ0) is 22.2. The predicted octanol–water partition coefficient (Wildman–Crippen LogP) is 3.56. The van der Waals surface area contributed by atoms with Crippen molar-refractivity contribution in [2.45, 2.75) is 24.6 Å². The normalized spacial score (nSPS) is 22.4. The summed E-state index contributed by atoms with van der Waals surface area (Å²) >= 11 is 0. The molecule has 10 heteroatoms. The summed E-state index contributed by atoms with van der Waals surface area (Å²) < 4.78 is 21.8. The van der Waals surface area contributed by atoms with E-state index in [9.17, 15) is 9.59 Å². The molecule has 0 aliphatic carbocycles. The average Bonchev–Trinajstić information content (AvgIpc) is 2.81. The monoisotopic (exact) mass is 425 g/mol. The van der Waals surface area contributed by atoms with Gasteiger partial charge in [0.05, 0.1) is 11.1 Å². The first-order chi connectivity index (χ1) is 15.0. The van der Waals surface area contributed by atoms with Gasteiger partial charge < -0.3 is 23.8 Å². The van der Waals surface area contributed by atoms with E-state index in [-0.39, 0.29) is 16.9 Å². The van der Waals surface area contributed by atoms with Gasteiger partial charge in [-0.05, 0) is 29.8 Å². The highest BCUT2D eigenvalue weighted by Crippen LogP contribution is 2.31. The Morgan fingerprint density at radius 2 is 1.52 bits per heavy atom. The van der Waals surface area contributed by atoms with Crippen LogP contribution in [0.1, 0.15) is 20.7 Å². The lowest BCUT2D eigenvalue weighted by Gasteiger charge is -2.40. The lowest BCUT2D eigenvalue weighted by atomic mass is 10.0. The van der Waals surface area contributed by atoms with E-state index < -0.39 is 36.5 Å². The molecule has 0 bridgehead atoms. The fraction of sp³-hybridized carbons (Fsp3) is 0.238. The van der Waals surface area contributed by atoms with Gasteiger partial charge in [-0.3, -0.25) is 0 Å². The summed E-state index contributed by atoms with van der Waals surface area (Å²) in [5.74, 6) is -1.44. The molecule has 0 saturated carbocycles. The van der Waals surface area contributed by atoms with Crippen molar-refractivity contribution in [3.8, 4) is 0 Å². The molecule has 1 saturated heterocycles. The number of hydrogen-bond donors (Lipinski definition) is 0. The Bertz CT molecular complexity index is 977. The van der Waals surface area contributed by atoms with Gasteiger partial charge in [-0.1, -0.05) is 43.0 Å². The summed E-state index contributed by atoms with van der Waals surface area (Å²) in [5, 5.41) is 3.08. The average molecular weight is 425 g/mol. The van der Waals surface area contributed by atoms with Crippen molar-refractivity contribution in [3.05, 3.63) is 94.6 Å². The maximum Gasteiger partial charge on any atom is 0.338 e. The number of rotatable bonds is 7. The second kappa shape index (κ2) is 10.1. The molecule has 0 unspecified atom stereocenters. The Balaban J connectivity index is 1.92. The number of azide groups is 1. The van der Waals surface area contributed by atoms with E-state index in [1.165, 1.54) is 7.11 Å². The van der Waals surface area contributed by atoms with Crippen LogP contribution in [0.3, 0.4) is 0 Å². The molecular formula is C21H19N3O7. The van der Waals surface area contributed by atoms with E-state index >= 15 is 0 Å². The maximum absolute atomic E-state index is 12.7. The number of methoxy groups -OCH3 is 1. The molecule has 10 nitrogen and oxygen atoms in total. The van der Waals surface area contributed by atoms with E-state index in [1.54, 1.807) is 60.7 Å². The fourth-order valence-electron chi connectivity index (χ4n) is 2.95. The number of ether oxygens (including phenoxy) is 4. The lowest BCUT2D eigenvalue weighted by Crippen LogP contribution is -2.56. The quantitative estimate of drug-likeness (QED) is 0.218. The summed E-state index contributed by atoms with van der Waals surface area (Å²) in [6.07, 6.45) is -4.92. The first-order valence-corrected chi connectivity index (χ1v) is 9.15. The number of carbonyl (C=O) groups excluding carboxylic acids is 2. The lowest BCUT2D eigenvalue weighted by molar-refractivity contribution is -0.249. The van der Waals surface area contributed by atoms with E-state index in [0.717, 1.165) is 0 Å². The molecule has 4 atom stereocenters. The Morgan fingerprint density at radius 3 is 2.03 bits per heavy atom. The topological polar surface area (TPSA) is 129 Å². The van der Waals surface area contributed by atoms with Gasteiger partial charge in [-0.2, -0.15) is 0 Å². The van der Waals surface area contributed by atoms with Gasteiger partial charge in [0, 0.05) is 12.0 Å². The van der Waals surface area contributed by atoms with E-state index in [1.807, 2.05) is 0 Å². The molecule has 3 rings (SSSR count). The number of esters is 2. The first kappa shape index (κ1) is 21.7. The summed E-state index contributed by atoms with van der Waals surface area (Å²) in [6.45, 7) is 3.76. The summed E-state index contributed by atoms with van der Waals surface area (Å²) in [7, 11) is 1.32. The first-order valence-electron chi connectivity index (χ1n) is 9.15. The third kappa shape index (κ3) is 5.13. The molecule has 0 spiro atoms. The van der Waals surface area contributed by atoms with Crippen molar-refractivity contribution in [2.75, 3.05) is 7.11 Å². The van der Waals surface area contributed by atoms with Crippen molar-refractivity contribution >= 4 is 11.9 Å². The number of carbonyl (C=O) groups is 2. The van der Waals surface area contributed by atoms with Gasteiger partial charge in [0.2, 0.25) is 12.4 Å². The molecule has 160 valence electrons. The molecule has 0 amide bonds. The predicted molar refractivity (Wildman–Crippen MR) is 106 cm³/mol. The van der Waals surface area contributed by atoms with Crippen molar-refractivity contribution in [3.63, 3.8) is 0 Å². The highest BCUT2D eigenvalue weighted by Gasteiger charge is 2.50. The standard InChI is InChI=1S/C21H19N3O7/c1-13-16(29-19(25)14-9-5-3-6-10-14)17(18(31-24-23-22)21(27-2)28-13)30-20(26)15-11-7-4-8-12-15/h3-12,16-18,21H,1H2,2H3/t16-,17-,18+,21+/m1/s1. The minimum atomic E-state index is -1.28. The zero-order valence-corrected chi connectivity index (χ0v) is 16.5. The molecule has 1 fully saturated rings. The van der Waals surface area contributed by atoms with Crippen LogP contribution in [0.25, 0.3) is 10.4 Å². The van der Waals surface area contributed by atoms with Crippen LogP contribution in [0.2, 0.25) is 0 Å². The minimum absolute atomic E-state index is 0.0252. The van der Waals surface area contributed by atoms with Crippen LogP contribution < -0.4 is 0 Å². The second-order valence-electron chi connectivity index (χ2n) is 6.36. The Kier molecular flexibility index (Phi) is 7.10. The van der Waals surface area contributed by atoms with Gasteiger partial charge in [-0.15, -0.1) is 0 Å². The fourth-order valence-corrected chi connectivity index (χ4v) is 2.95.